The molecule has 0 amide bonds. The highest BCUT2D eigenvalue weighted by Crippen LogP contribution is 2.65. The number of hydrogen-bond acceptors (Lipinski definition) is 20. The third-order valence-electron chi connectivity index (χ3n) is 26.2. The molecule has 3 aliphatic heterocycles. The molecule has 2 bridgehead atoms. The molecule has 5 saturated carbocycles. The van der Waals surface area contributed by atoms with Crippen molar-refractivity contribution in [2.45, 2.75) is 213 Å². The molecule has 126 heavy (non-hydrogen) atoms. The number of benzene rings is 6. The van der Waals surface area contributed by atoms with Gasteiger partial charge in [0.15, 0.2) is 18.6 Å². The Balaban J connectivity index is 0.000000114. The number of imidazole rings is 4. The minimum absolute atomic E-state index is 0.177. The zero-order valence-electron chi connectivity index (χ0n) is 72.7. The molecule has 24 nitrogen and oxygen atoms in total. The molecule has 0 radical (unpaired) electrons. The Hall–Kier alpha value is -9.66. The molecule has 3 saturated heterocycles. The maximum Gasteiger partial charge on any atom is 0.494 e. The van der Waals surface area contributed by atoms with Crippen LogP contribution in [0.25, 0.3) is 44.7 Å². The lowest BCUT2D eigenvalue weighted by atomic mass is 9.43. The van der Waals surface area contributed by atoms with Crippen LogP contribution in [-0.4, -0.2) is 142 Å². The standard InChI is InChI=1S/C26H33BN4O2S.C26H21BN4O2S.C22H25BN4O2S.C20H27BN4O2S/c2*34-26-22-25(28-16-29-26)31(17-30-22)15-18-11-13-21(14-12-18)27-32-23(19-7-3-1-4-8-19)24(33-27)20-9-5-2-6-10-20;1-21(2)14-8-16(21)22(3)17(9-14)28-23(29-22)15-6-4-13(5-7-15)10-27-12-26-18-19(27)24-11-25-20(18)30;1-19(2,3)26-21(27-20(4,5)6)15-9-7-14(8-10-15)11-25-13-24-16-17(25)22-12-23-18(16)28/h11-14,16-17,19-20,23-24H,1-10,15H2,(H,28,29,34);1-14,16-17,23-24H,15H2,(H,28,29,34);4-7,11-12,14,16-17H,8-10H2,1-3H3,(H,24,25,30);7-10,12-13H,11H2,1-6H3,(H,22,23,28). The van der Waals surface area contributed by atoms with Gasteiger partial charge in [0, 0.05) is 11.2 Å². The van der Waals surface area contributed by atoms with Gasteiger partial charge in [0.1, 0.15) is 44.7 Å². The lowest BCUT2D eigenvalue weighted by molar-refractivity contribution is -0.199. The summed E-state index contributed by atoms with van der Waals surface area (Å²) in [5, 5.41) is 0. The fraction of sp³-hybridized carbons (Fsp3) is 0.404. The lowest BCUT2D eigenvalue weighted by Crippen LogP contribution is -2.65. The molecule has 22 rings (SSSR count). The second kappa shape index (κ2) is 37.2. The van der Waals surface area contributed by atoms with Crippen molar-refractivity contribution >= 4 is 144 Å². The Bertz CT molecular complexity index is 6270. The first-order valence-electron chi connectivity index (χ1n) is 44.2. The van der Waals surface area contributed by atoms with Gasteiger partial charge < -0.3 is 75.4 Å². The van der Waals surface area contributed by atoms with Crippen molar-refractivity contribution in [3.05, 3.63) is 260 Å². The average Bonchev–Trinajstić information content (AvgIpc) is 1.45. The summed E-state index contributed by atoms with van der Waals surface area (Å²) in [6.07, 6.45) is 29.6. The fourth-order valence-electron chi connectivity index (χ4n) is 19.5. The van der Waals surface area contributed by atoms with E-state index in [4.69, 9.17) is 86.1 Å². The molecule has 646 valence electrons. The summed E-state index contributed by atoms with van der Waals surface area (Å²) in [4.78, 5) is 46.5. The van der Waals surface area contributed by atoms with Gasteiger partial charge in [0.05, 0.1) is 113 Å². The van der Waals surface area contributed by atoms with E-state index in [0.29, 0.717) is 78.9 Å². The van der Waals surface area contributed by atoms with Gasteiger partial charge in [-0.25, -0.2) is 39.9 Å². The van der Waals surface area contributed by atoms with Crippen LogP contribution < -0.4 is 21.9 Å². The molecular weight excluding hydrogens is 1650 g/mol. The number of aromatic nitrogens is 16. The predicted molar refractivity (Wildman–Crippen MR) is 504 cm³/mol. The summed E-state index contributed by atoms with van der Waals surface area (Å²) in [6, 6.07) is 54.3. The van der Waals surface area contributed by atoms with Crippen LogP contribution in [0.4, 0.5) is 0 Å². The monoisotopic (exact) mass is 1760 g/mol. The molecule has 11 heterocycles. The van der Waals surface area contributed by atoms with Crippen molar-refractivity contribution in [3.63, 3.8) is 0 Å². The van der Waals surface area contributed by atoms with Crippen molar-refractivity contribution in [1.29, 1.82) is 0 Å². The van der Waals surface area contributed by atoms with Gasteiger partial charge in [-0.15, -0.1) is 0 Å². The SMILES string of the molecule is CC(C)(C)OB(OC(C)(C)C)c1ccc(Cn2cnc3c(=S)nc[nH]c32)cc1.CC1(C)C2CC3OB(c4ccc(Cn5cnc6c(=S)nc[nH]c65)cc4)OC3(C)C1C2.S=c1nc[nH]c2c1ncn2Cc1ccc(B2OC(C3CCCCC3)C(C3CCCCC3)O2)cc1.S=c1nc[nH]c2c1ncn2Cc1ccc(B2OC(c3ccccc3)C(c3ccccc3)O2)cc1. The van der Waals surface area contributed by atoms with E-state index in [2.05, 4.69) is 211 Å². The number of aromatic amines is 4. The molecule has 14 aromatic rings. The maximum atomic E-state index is 6.71. The number of nitrogens with zero attached hydrogens (tertiary/aromatic N) is 12. The van der Waals surface area contributed by atoms with E-state index in [1.807, 2.05) is 93.4 Å². The second-order valence-electron chi connectivity index (χ2n) is 37.3. The van der Waals surface area contributed by atoms with E-state index < -0.39 is 14.2 Å². The topological polar surface area (TPSA) is 260 Å². The summed E-state index contributed by atoms with van der Waals surface area (Å²) < 4.78 is 61.8. The normalized spacial score (nSPS) is 21.8. The minimum Gasteiger partial charge on any atom is -0.403 e. The van der Waals surface area contributed by atoms with Gasteiger partial charge in [0.25, 0.3) is 0 Å². The Kier molecular flexibility index (Phi) is 25.7. The highest BCUT2D eigenvalue weighted by Gasteiger charge is 2.68. The van der Waals surface area contributed by atoms with E-state index in [-0.39, 0.29) is 61.6 Å². The van der Waals surface area contributed by atoms with Crippen molar-refractivity contribution in [2.75, 3.05) is 0 Å². The van der Waals surface area contributed by atoms with Gasteiger partial charge in [-0.2, -0.15) is 0 Å². The van der Waals surface area contributed by atoms with E-state index >= 15 is 0 Å². The van der Waals surface area contributed by atoms with Gasteiger partial charge in [-0.3, -0.25) is 0 Å². The molecule has 8 aromatic heterocycles. The molecule has 8 aliphatic rings. The van der Waals surface area contributed by atoms with Crippen molar-refractivity contribution in [1.82, 2.24) is 78.1 Å². The van der Waals surface area contributed by atoms with E-state index in [1.165, 1.54) is 81.8 Å². The van der Waals surface area contributed by atoms with Gasteiger partial charge in [-0.05, 0) is 171 Å². The Morgan fingerprint density at radius 3 is 1.08 bits per heavy atom. The molecular formula is C94H106B4N16O8S4. The van der Waals surface area contributed by atoms with Gasteiger partial charge >= 0.3 is 28.5 Å². The quantitative estimate of drug-likeness (QED) is 0.0460. The van der Waals surface area contributed by atoms with Crippen LogP contribution in [-0.2, 0) is 63.4 Å². The van der Waals surface area contributed by atoms with Gasteiger partial charge in [-0.1, -0.05) is 259 Å². The highest BCUT2D eigenvalue weighted by atomic mass is 32.1. The molecule has 32 heteroatoms. The summed E-state index contributed by atoms with van der Waals surface area (Å²) in [7, 11) is -1.39. The van der Waals surface area contributed by atoms with Crippen LogP contribution in [0.1, 0.15) is 185 Å². The van der Waals surface area contributed by atoms with Crippen LogP contribution in [0, 0.1) is 47.6 Å². The predicted octanol–water partition coefficient (Wildman–Crippen LogP) is 17.3. The van der Waals surface area contributed by atoms with Crippen molar-refractivity contribution in [2.24, 2.45) is 29.1 Å². The Morgan fingerprint density at radius 1 is 0.405 bits per heavy atom. The van der Waals surface area contributed by atoms with Crippen LogP contribution in [0.3, 0.4) is 0 Å². The third kappa shape index (κ3) is 19.1. The van der Waals surface area contributed by atoms with E-state index in [1.54, 1.807) is 44.3 Å². The first-order chi connectivity index (χ1) is 60.9. The smallest absolute Gasteiger partial charge is 0.403 e. The van der Waals surface area contributed by atoms with Crippen LogP contribution in [0.15, 0.2) is 208 Å². The summed E-state index contributed by atoms with van der Waals surface area (Å²) in [5.74, 6) is 2.64. The number of hydrogen-bond donors (Lipinski definition) is 4. The van der Waals surface area contributed by atoms with E-state index in [9.17, 15) is 0 Å². The first-order valence-corrected chi connectivity index (χ1v) is 45.8. The second-order valence-corrected chi connectivity index (χ2v) is 38.8. The fourth-order valence-corrected chi connectivity index (χ4v) is 20.3. The number of rotatable bonds is 18. The molecule has 5 aliphatic carbocycles. The molecule has 8 atom stereocenters. The zero-order chi connectivity index (χ0) is 87.0. The summed E-state index contributed by atoms with van der Waals surface area (Å²) in [6.45, 7) is 22.0. The van der Waals surface area contributed by atoms with Gasteiger partial charge in [0.2, 0.25) is 0 Å². The molecule has 4 N–H and O–H groups in total. The number of fused-ring (bicyclic) bond motifs is 4. The summed E-state index contributed by atoms with van der Waals surface area (Å²) in [5.41, 5.74) is 17.0. The summed E-state index contributed by atoms with van der Waals surface area (Å²) >= 11 is 21.0. The van der Waals surface area contributed by atoms with Crippen molar-refractivity contribution in [3.8, 4) is 0 Å². The molecule has 8 unspecified atom stereocenters. The number of nitrogens with one attached hydrogen (secondary N) is 4. The average molecular weight is 1760 g/mol. The molecule has 0 spiro atoms. The van der Waals surface area contributed by atoms with Crippen molar-refractivity contribution < 1.29 is 37.2 Å². The molecule has 8 fully saturated rings. The maximum absolute atomic E-state index is 6.71. The first kappa shape index (κ1) is 87.0. The Labute approximate surface area is 756 Å². The van der Waals surface area contributed by atoms with Crippen LogP contribution in [0.5, 0.6) is 0 Å². The third-order valence-corrected chi connectivity index (χ3v) is 27.4. The Morgan fingerprint density at radius 2 is 0.738 bits per heavy atom. The highest BCUT2D eigenvalue weighted by molar-refractivity contribution is 7.72. The van der Waals surface area contributed by atoms with Crippen LogP contribution >= 0.6 is 48.9 Å². The zero-order valence-corrected chi connectivity index (χ0v) is 76.0. The van der Waals surface area contributed by atoms with E-state index in [0.717, 1.165) is 90.1 Å². The van der Waals surface area contributed by atoms with Crippen LogP contribution in [0.2, 0.25) is 0 Å². The molecule has 6 aromatic carbocycles. The lowest BCUT2D eigenvalue weighted by Gasteiger charge is -2.64. The number of H-pyrrole nitrogens is 4. The largest absolute Gasteiger partial charge is 0.494 e. The minimum atomic E-state index is -0.444.